The molecule has 0 saturated heterocycles. The number of imidazole rings is 1. The summed E-state index contributed by atoms with van der Waals surface area (Å²) in [6.07, 6.45) is 0. The number of nitrogens with zero attached hydrogens (tertiary/aromatic N) is 2. The zero-order valence-electron chi connectivity index (χ0n) is 15.6. The number of H-pyrrole nitrogens is 1. The molecule has 2 N–H and O–H groups in total. The second kappa shape index (κ2) is 7.11. The van der Waals surface area contributed by atoms with Gasteiger partial charge >= 0.3 is 0 Å². The van der Waals surface area contributed by atoms with E-state index in [1.54, 1.807) is 0 Å². The molecule has 5 rings (SSSR count). The molecule has 6 heteroatoms. The molecular weight excluding hydrogens is 384 g/mol. The van der Waals surface area contributed by atoms with Crippen LogP contribution in [0.4, 0.5) is 5.95 Å². The van der Waals surface area contributed by atoms with Crippen LogP contribution >= 0.6 is 11.6 Å². The summed E-state index contributed by atoms with van der Waals surface area (Å²) in [7, 11) is 0. The number of hydrogen-bond donors (Lipinski definition) is 2. The fourth-order valence-electron chi connectivity index (χ4n) is 3.21. The highest BCUT2D eigenvalue weighted by atomic mass is 35.5. The van der Waals surface area contributed by atoms with Gasteiger partial charge in [-0.05, 0) is 37.3 Å². The largest absolute Gasteiger partial charge is 0.456 e. The van der Waals surface area contributed by atoms with Gasteiger partial charge in [-0.2, -0.15) is 5.10 Å². The SMILES string of the molecule is Cc1ccc(-c2cc(=NNc3nc4ccccc4[nH]3)c3cc(Cl)ccc3o2)cc1. The van der Waals surface area contributed by atoms with Crippen molar-refractivity contribution >= 4 is 39.6 Å². The van der Waals surface area contributed by atoms with Crippen molar-refractivity contribution in [3.05, 3.63) is 88.7 Å². The van der Waals surface area contributed by atoms with E-state index < -0.39 is 0 Å². The van der Waals surface area contributed by atoms with Gasteiger partial charge in [0, 0.05) is 22.0 Å². The Hall–Kier alpha value is -3.57. The summed E-state index contributed by atoms with van der Waals surface area (Å²) in [5, 5.41) is 6.73. The van der Waals surface area contributed by atoms with Crippen molar-refractivity contribution in [3.8, 4) is 11.3 Å². The smallest absolute Gasteiger partial charge is 0.222 e. The average Bonchev–Trinajstić information content (AvgIpc) is 3.15. The lowest BCUT2D eigenvalue weighted by Gasteiger charge is -2.06. The molecule has 29 heavy (non-hydrogen) atoms. The van der Waals surface area contributed by atoms with Crippen molar-refractivity contribution in [3.63, 3.8) is 0 Å². The Labute approximate surface area is 171 Å². The van der Waals surface area contributed by atoms with Gasteiger partial charge in [-0.3, -0.25) is 0 Å². The molecule has 5 aromatic rings. The summed E-state index contributed by atoms with van der Waals surface area (Å²) >= 11 is 6.21. The van der Waals surface area contributed by atoms with Gasteiger partial charge in [0.2, 0.25) is 5.95 Å². The number of rotatable bonds is 3. The van der Waals surface area contributed by atoms with Crippen LogP contribution in [0.5, 0.6) is 0 Å². The first-order chi connectivity index (χ1) is 14.2. The maximum absolute atomic E-state index is 6.21. The Morgan fingerprint density at radius 3 is 2.66 bits per heavy atom. The van der Waals surface area contributed by atoms with Crippen molar-refractivity contribution in [2.75, 3.05) is 5.43 Å². The lowest BCUT2D eigenvalue weighted by molar-refractivity contribution is 0.618. The van der Waals surface area contributed by atoms with E-state index in [1.807, 2.05) is 60.7 Å². The summed E-state index contributed by atoms with van der Waals surface area (Å²) in [4.78, 5) is 7.72. The Morgan fingerprint density at radius 1 is 1.00 bits per heavy atom. The highest BCUT2D eigenvalue weighted by Crippen LogP contribution is 2.24. The minimum atomic E-state index is 0.569. The first-order valence-electron chi connectivity index (χ1n) is 9.21. The number of aromatic nitrogens is 2. The summed E-state index contributed by atoms with van der Waals surface area (Å²) in [5.41, 5.74) is 7.72. The van der Waals surface area contributed by atoms with E-state index >= 15 is 0 Å². The molecule has 0 spiro atoms. The van der Waals surface area contributed by atoms with Crippen LogP contribution in [0.15, 0.2) is 82.3 Å². The van der Waals surface area contributed by atoms with Crippen LogP contribution < -0.4 is 10.8 Å². The van der Waals surface area contributed by atoms with E-state index in [-0.39, 0.29) is 0 Å². The van der Waals surface area contributed by atoms with E-state index in [0.717, 1.165) is 27.7 Å². The number of hydrogen-bond acceptors (Lipinski definition) is 4. The van der Waals surface area contributed by atoms with Crippen LogP contribution in [-0.4, -0.2) is 9.97 Å². The van der Waals surface area contributed by atoms with E-state index in [1.165, 1.54) is 5.56 Å². The van der Waals surface area contributed by atoms with Crippen molar-refractivity contribution in [1.29, 1.82) is 0 Å². The number of benzene rings is 3. The molecule has 0 unspecified atom stereocenters. The maximum atomic E-state index is 6.21. The summed E-state index contributed by atoms with van der Waals surface area (Å²) in [6.45, 7) is 2.06. The molecule has 142 valence electrons. The Balaban J connectivity index is 1.64. The predicted octanol–water partition coefficient (Wildman–Crippen LogP) is 5.87. The predicted molar refractivity (Wildman–Crippen MR) is 117 cm³/mol. The van der Waals surface area contributed by atoms with Crippen LogP contribution in [0.2, 0.25) is 5.02 Å². The minimum absolute atomic E-state index is 0.569. The van der Waals surface area contributed by atoms with Gasteiger partial charge in [0.25, 0.3) is 0 Å². The van der Waals surface area contributed by atoms with Crippen LogP contribution in [0, 0.1) is 6.92 Å². The molecule has 0 atom stereocenters. The third-order valence-electron chi connectivity index (χ3n) is 4.71. The number of aryl methyl sites for hydroxylation is 1. The second-order valence-electron chi connectivity index (χ2n) is 6.83. The fraction of sp³-hybridized carbons (Fsp3) is 0.0435. The Bertz CT molecular complexity index is 1370. The molecule has 0 fully saturated rings. The second-order valence-corrected chi connectivity index (χ2v) is 7.26. The molecule has 0 aliphatic carbocycles. The van der Waals surface area contributed by atoms with Gasteiger partial charge in [-0.25, -0.2) is 10.4 Å². The topological polar surface area (TPSA) is 66.2 Å². The first-order valence-corrected chi connectivity index (χ1v) is 9.58. The number of fused-ring (bicyclic) bond motifs is 2. The van der Waals surface area contributed by atoms with Crippen LogP contribution in [0.1, 0.15) is 5.56 Å². The molecule has 3 aromatic carbocycles. The van der Waals surface area contributed by atoms with E-state index in [4.69, 9.17) is 16.0 Å². The molecular formula is C23H17ClN4O. The molecule has 0 bridgehead atoms. The maximum Gasteiger partial charge on any atom is 0.222 e. The lowest BCUT2D eigenvalue weighted by atomic mass is 10.1. The highest BCUT2D eigenvalue weighted by molar-refractivity contribution is 6.31. The van der Waals surface area contributed by atoms with Gasteiger partial charge in [0.05, 0.1) is 16.4 Å². The lowest BCUT2D eigenvalue weighted by Crippen LogP contribution is -2.08. The van der Waals surface area contributed by atoms with Crippen molar-refractivity contribution < 1.29 is 4.42 Å². The number of aromatic amines is 1. The Kier molecular flexibility index (Phi) is 4.30. The molecule has 0 saturated carbocycles. The van der Waals surface area contributed by atoms with Crippen molar-refractivity contribution in [1.82, 2.24) is 9.97 Å². The number of halogens is 1. The van der Waals surface area contributed by atoms with Gasteiger partial charge in [-0.1, -0.05) is 53.6 Å². The van der Waals surface area contributed by atoms with E-state index in [0.29, 0.717) is 21.9 Å². The molecule has 2 heterocycles. The molecule has 0 aliphatic rings. The summed E-state index contributed by atoms with van der Waals surface area (Å²) in [5.74, 6) is 1.30. The van der Waals surface area contributed by atoms with Gasteiger partial charge < -0.3 is 9.40 Å². The number of anilines is 1. The zero-order chi connectivity index (χ0) is 19.8. The van der Waals surface area contributed by atoms with Gasteiger partial charge in [0.1, 0.15) is 11.3 Å². The van der Waals surface area contributed by atoms with Crippen molar-refractivity contribution in [2.45, 2.75) is 6.92 Å². The van der Waals surface area contributed by atoms with Crippen LogP contribution in [-0.2, 0) is 0 Å². The number of nitrogens with one attached hydrogen (secondary N) is 2. The van der Waals surface area contributed by atoms with E-state index in [9.17, 15) is 0 Å². The highest BCUT2D eigenvalue weighted by Gasteiger charge is 2.07. The molecule has 0 amide bonds. The summed E-state index contributed by atoms with van der Waals surface area (Å²) < 4.78 is 6.11. The van der Waals surface area contributed by atoms with Crippen LogP contribution in [0.3, 0.4) is 0 Å². The quantitative estimate of drug-likeness (QED) is 0.372. The van der Waals surface area contributed by atoms with Gasteiger partial charge in [0.15, 0.2) is 0 Å². The van der Waals surface area contributed by atoms with Crippen LogP contribution in [0.25, 0.3) is 33.3 Å². The normalized spacial score (nSPS) is 12.0. The number of para-hydroxylation sites is 2. The van der Waals surface area contributed by atoms with Gasteiger partial charge in [-0.15, -0.1) is 0 Å². The molecule has 0 radical (unpaired) electrons. The zero-order valence-corrected chi connectivity index (χ0v) is 16.4. The molecule has 0 aliphatic heterocycles. The summed E-state index contributed by atoms with van der Waals surface area (Å²) in [6, 6.07) is 23.4. The van der Waals surface area contributed by atoms with E-state index in [2.05, 4.69) is 39.6 Å². The fourth-order valence-corrected chi connectivity index (χ4v) is 3.38. The minimum Gasteiger partial charge on any atom is -0.456 e. The third-order valence-corrected chi connectivity index (χ3v) is 4.95. The third kappa shape index (κ3) is 3.48. The molecule has 5 nitrogen and oxygen atoms in total. The Morgan fingerprint density at radius 2 is 1.83 bits per heavy atom. The first kappa shape index (κ1) is 17.5. The average molecular weight is 401 g/mol. The monoisotopic (exact) mass is 400 g/mol. The van der Waals surface area contributed by atoms with Crippen molar-refractivity contribution in [2.24, 2.45) is 5.10 Å². The molecule has 2 aromatic heterocycles. The standard InChI is InChI=1S/C23H17ClN4O/c1-14-6-8-15(9-7-14)22-13-20(17-12-16(24)10-11-21(17)29-22)27-28-23-25-18-4-2-3-5-19(18)26-23/h2-13H,1H3,(H2,25,26,28).